The molecule has 2 rings (SSSR count). The summed E-state index contributed by atoms with van der Waals surface area (Å²) in [5.41, 5.74) is 0.882. The van der Waals surface area contributed by atoms with Crippen molar-refractivity contribution in [3.05, 3.63) is 11.1 Å². The van der Waals surface area contributed by atoms with E-state index in [9.17, 15) is 5.11 Å². The van der Waals surface area contributed by atoms with Crippen LogP contribution in [0.1, 0.15) is 38.3 Å². The van der Waals surface area contributed by atoms with Crippen molar-refractivity contribution < 1.29 is 5.11 Å². The van der Waals surface area contributed by atoms with Crippen LogP contribution in [0.4, 0.5) is 0 Å². The van der Waals surface area contributed by atoms with Crippen LogP contribution in [0.25, 0.3) is 0 Å². The predicted octanol–water partition coefficient (Wildman–Crippen LogP) is 1.57. The summed E-state index contributed by atoms with van der Waals surface area (Å²) in [4.78, 5) is 0. The molecule has 1 aromatic heterocycles. The van der Waals surface area contributed by atoms with Crippen molar-refractivity contribution >= 4 is 11.5 Å². The maximum Gasteiger partial charge on any atom is 0.0893 e. The molecule has 5 heteroatoms. The summed E-state index contributed by atoms with van der Waals surface area (Å²) in [6, 6.07) is 0. The molecule has 0 radical (unpaired) electrons. The highest BCUT2D eigenvalue weighted by atomic mass is 32.1. The largest absolute Gasteiger partial charge is 0.394 e. The van der Waals surface area contributed by atoms with E-state index in [4.69, 9.17) is 0 Å². The zero-order valence-electron chi connectivity index (χ0n) is 9.65. The normalized spacial score (nSPS) is 30.5. The second-order valence-electron chi connectivity index (χ2n) is 4.87. The van der Waals surface area contributed by atoms with Gasteiger partial charge in [-0.2, -0.15) is 0 Å². The van der Waals surface area contributed by atoms with Crippen LogP contribution >= 0.6 is 11.5 Å². The molecule has 16 heavy (non-hydrogen) atoms. The number of nitrogens with zero attached hydrogens (tertiary/aromatic N) is 2. The first-order valence-corrected chi connectivity index (χ1v) is 6.69. The fourth-order valence-electron chi connectivity index (χ4n) is 2.24. The van der Waals surface area contributed by atoms with Crippen LogP contribution in [0.5, 0.6) is 0 Å². The van der Waals surface area contributed by atoms with Gasteiger partial charge in [0.05, 0.1) is 12.3 Å². The van der Waals surface area contributed by atoms with Gasteiger partial charge >= 0.3 is 0 Å². The summed E-state index contributed by atoms with van der Waals surface area (Å²) < 4.78 is 3.84. The quantitative estimate of drug-likeness (QED) is 0.840. The fourth-order valence-corrected chi connectivity index (χ4v) is 2.70. The van der Waals surface area contributed by atoms with Crippen LogP contribution in [0.3, 0.4) is 0 Å². The zero-order valence-corrected chi connectivity index (χ0v) is 10.5. The maximum atomic E-state index is 9.56. The Morgan fingerprint density at radius 3 is 2.88 bits per heavy atom. The standard InChI is InChI=1S/C11H19N3OS/c1-9-2-4-11(8-15,5-3-9)12-6-10-7-16-14-13-10/h7,9,12,15H,2-6,8H2,1H3. The van der Waals surface area contributed by atoms with Gasteiger partial charge in [0.2, 0.25) is 0 Å². The van der Waals surface area contributed by atoms with Crippen molar-refractivity contribution in [1.82, 2.24) is 14.9 Å². The molecule has 1 fully saturated rings. The minimum atomic E-state index is -0.0872. The second kappa shape index (κ2) is 5.21. The summed E-state index contributed by atoms with van der Waals surface area (Å²) in [7, 11) is 0. The second-order valence-corrected chi connectivity index (χ2v) is 5.48. The Morgan fingerprint density at radius 1 is 1.56 bits per heavy atom. The van der Waals surface area contributed by atoms with Crippen LogP contribution in [-0.2, 0) is 6.54 Å². The molecule has 0 atom stereocenters. The summed E-state index contributed by atoms with van der Waals surface area (Å²) >= 11 is 1.37. The number of aromatic nitrogens is 2. The Bertz CT molecular complexity index is 307. The lowest BCUT2D eigenvalue weighted by Crippen LogP contribution is -2.50. The van der Waals surface area contributed by atoms with E-state index in [-0.39, 0.29) is 12.1 Å². The van der Waals surface area contributed by atoms with Crippen molar-refractivity contribution in [3.8, 4) is 0 Å². The SMILES string of the molecule is CC1CCC(CO)(NCc2csnn2)CC1. The molecule has 1 heterocycles. The average Bonchev–Trinajstić information content (AvgIpc) is 2.82. The lowest BCUT2D eigenvalue weighted by Gasteiger charge is -2.38. The Balaban J connectivity index is 1.89. The average molecular weight is 241 g/mol. The topological polar surface area (TPSA) is 58.0 Å². The van der Waals surface area contributed by atoms with Crippen molar-refractivity contribution in [3.63, 3.8) is 0 Å². The molecule has 1 aliphatic rings. The fraction of sp³-hybridized carbons (Fsp3) is 0.818. The Labute approximate surface area is 100 Å². The highest BCUT2D eigenvalue weighted by Gasteiger charge is 2.33. The van der Waals surface area contributed by atoms with Gasteiger partial charge in [-0.25, -0.2) is 0 Å². The van der Waals surface area contributed by atoms with Crippen molar-refractivity contribution in [2.24, 2.45) is 5.92 Å². The third kappa shape index (κ3) is 2.78. The van der Waals surface area contributed by atoms with E-state index in [1.807, 2.05) is 5.38 Å². The van der Waals surface area contributed by atoms with Gasteiger partial charge in [0.15, 0.2) is 0 Å². The smallest absolute Gasteiger partial charge is 0.0893 e. The van der Waals surface area contributed by atoms with Gasteiger partial charge < -0.3 is 10.4 Å². The van der Waals surface area contributed by atoms with E-state index in [1.54, 1.807) is 0 Å². The predicted molar refractivity (Wildman–Crippen MR) is 64.2 cm³/mol. The molecule has 0 spiro atoms. The van der Waals surface area contributed by atoms with Gasteiger partial charge in [0.25, 0.3) is 0 Å². The molecular formula is C11H19N3OS. The van der Waals surface area contributed by atoms with Gasteiger partial charge in [0.1, 0.15) is 0 Å². The third-order valence-corrected chi connectivity index (χ3v) is 4.14. The number of rotatable bonds is 4. The van der Waals surface area contributed by atoms with E-state index >= 15 is 0 Å². The number of aliphatic hydroxyl groups is 1. The first-order valence-electron chi connectivity index (χ1n) is 5.86. The zero-order chi connectivity index (χ0) is 11.4. The number of hydrogen-bond donors (Lipinski definition) is 2. The van der Waals surface area contributed by atoms with E-state index < -0.39 is 0 Å². The maximum absolute atomic E-state index is 9.56. The minimum absolute atomic E-state index is 0.0872. The minimum Gasteiger partial charge on any atom is -0.394 e. The molecule has 0 saturated heterocycles. The van der Waals surface area contributed by atoms with E-state index in [0.29, 0.717) is 6.54 Å². The number of aliphatic hydroxyl groups excluding tert-OH is 1. The summed E-state index contributed by atoms with van der Waals surface area (Å²) in [6.45, 7) is 3.22. The summed E-state index contributed by atoms with van der Waals surface area (Å²) in [6.07, 6.45) is 4.51. The molecule has 1 saturated carbocycles. The van der Waals surface area contributed by atoms with Crippen molar-refractivity contribution in [2.75, 3.05) is 6.61 Å². The highest BCUT2D eigenvalue weighted by Crippen LogP contribution is 2.31. The van der Waals surface area contributed by atoms with Gasteiger partial charge in [-0.3, -0.25) is 0 Å². The Morgan fingerprint density at radius 2 is 2.31 bits per heavy atom. The number of hydrogen-bond acceptors (Lipinski definition) is 5. The molecule has 0 bridgehead atoms. The van der Waals surface area contributed by atoms with Crippen LogP contribution in [0.2, 0.25) is 0 Å². The molecule has 90 valence electrons. The van der Waals surface area contributed by atoms with Gasteiger partial charge in [-0.05, 0) is 43.1 Å². The van der Waals surface area contributed by atoms with E-state index in [1.165, 1.54) is 24.4 Å². The highest BCUT2D eigenvalue weighted by molar-refractivity contribution is 7.03. The Kier molecular flexibility index (Phi) is 3.89. The van der Waals surface area contributed by atoms with Crippen LogP contribution in [0.15, 0.2) is 5.38 Å². The monoisotopic (exact) mass is 241 g/mol. The van der Waals surface area contributed by atoms with Crippen LogP contribution < -0.4 is 5.32 Å². The number of nitrogens with one attached hydrogen (secondary N) is 1. The van der Waals surface area contributed by atoms with Gasteiger partial charge in [-0.15, -0.1) is 5.10 Å². The molecule has 2 N–H and O–H groups in total. The summed E-state index contributed by atoms with van der Waals surface area (Å²) in [5, 5.41) is 19.0. The lowest BCUT2D eigenvalue weighted by molar-refractivity contribution is 0.104. The third-order valence-electron chi connectivity index (χ3n) is 3.58. The molecule has 1 aliphatic carbocycles. The molecule has 4 nitrogen and oxygen atoms in total. The molecule has 0 amide bonds. The molecule has 0 aliphatic heterocycles. The van der Waals surface area contributed by atoms with Gasteiger partial charge in [0, 0.05) is 17.5 Å². The molecular weight excluding hydrogens is 222 g/mol. The van der Waals surface area contributed by atoms with Crippen LogP contribution in [0, 0.1) is 5.92 Å². The molecule has 1 aromatic rings. The first kappa shape index (κ1) is 12.0. The van der Waals surface area contributed by atoms with Crippen LogP contribution in [-0.4, -0.2) is 26.8 Å². The van der Waals surface area contributed by atoms with E-state index in [0.717, 1.165) is 24.5 Å². The van der Waals surface area contributed by atoms with Crippen molar-refractivity contribution in [2.45, 2.75) is 44.7 Å². The molecule has 0 aromatic carbocycles. The van der Waals surface area contributed by atoms with Gasteiger partial charge in [-0.1, -0.05) is 11.4 Å². The molecule has 0 unspecified atom stereocenters. The lowest BCUT2D eigenvalue weighted by atomic mass is 9.77. The van der Waals surface area contributed by atoms with Crippen molar-refractivity contribution in [1.29, 1.82) is 0 Å². The first-order chi connectivity index (χ1) is 7.74. The van der Waals surface area contributed by atoms with E-state index in [2.05, 4.69) is 21.8 Å². The summed E-state index contributed by atoms with van der Waals surface area (Å²) in [5.74, 6) is 0.794. The Hall–Kier alpha value is -0.520.